The van der Waals surface area contributed by atoms with Gasteiger partial charge in [-0.25, -0.2) is 17.6 Å². The van der Waals surface area contributed by atoms with Crippen LogP contribution in [0.1, 0.15) is 31.1 Å². The van der Waals surface area contributed by atoms with E-state index in [1.807, 2.05) is 0 Å². The molecule has 1 N–H and O–H groups in total. The molecule has 2 aromatic carbocycles. The van der Waals surface area contributed by atoms with Gasteiger partial charge in [0.15, 0.2) is 0 Å². The summed E-state index contributed by atoms with van der Waals surface area (Å²) in [7, 11) is -3.59. The van der Waals surface area contributed by atoms with Crippen molar-refractivity contribution in [3.63, 3.8) is 0 Å². The van der Waals surface area contributed by atoms with E-state index in [-0.39, 0.29) is 41.1 Å². The van der Waals surface area contributed by atoms with E-state index in [1.54, 1.807) is 20.8 Å². The first kappa shape index (κ1) is 21.6. The maximum Gasteiger partial charge on any atom is 0.342 e. The second-order valence-electron chi connectivity index (χ2n) is 6.92. The van der Waals surface area contributed by atoms with E-state index in [4.69, 9.17) is 13.9 Å². The Balaban J connectivity index is 2.29. The number of hydrogen-bond donors (Lipinski definition) is 1. The molecule has 0 radical (unpaired) electrons. The number of nitrogens with one attached hydrogen (secondary N) is 1. The fourth-order valence-electron chi connectivity index (χ4n) is 2.96. The lowest BCUT2D eigenvalue weighted by molar-refractivity contribution is 0.0528. The number of benzene rings is 2. The molecule has 0 fully saturated rings. The monoisotopic (exact) mass is 435 g/mol. The first-order chi connectivity index (χ1) is 14.1. The smallest absolute Gasteiger partial charge is 0.342 e. The number of ether oxygens (including phenoxy) is 2. The first-order valence-electron chi connectivity index (χ1n) is 9.27. The van der Waals surface area contributed by atoms with Crippen LogP contribution in [0.3, 0.4) is 0 Å². The van der Waals surface area contributed by atoms with Gasteiger partial charge in [-0.15, -0.1) is 0 Å². The summed E-state index contributed by atoms with van der Waals surface area (Å²) in [6.45, 7) is 5.41. The van der Waals surface area contributed by atoms with Gasteiger partial charge in [-0.05, 0) is 51.1 Å². The molecule has 9 heteroatoms. The van der Waals surface area contributed by atoms with Gasteiger partial charge in [0.05, 0.1) is 24.7 Å². The summed E-state index contributed by atoms with van der Waals surface area (Å²) in [4.78, 5) is 12.7. The molecule has 30 heavy (non-hydrogen) atoms. The van der Waals surface area contributed by atoms with Crippen LogP contribution in [0.15, 0.2) is 40.8 Å². The number of fused-ring (bicyclic) bond motifs is 1. The highest BCUT2D eigenvalue weighted by Crippen LogP contribution is 2.40. The third kappa shape index (κ3) is 4.73. The number of sulfonamides is 1. The van der Waals surface area contributed by atoms with E-state index >= 15 is 0 Å². The van der Waals surface area contributed by atoms with Gasteiger partial charge in [0.1, 0.15) is 28.5 Å². The summed E-state index contributed by atoms with van der Waals surface area (Å²) in [6.07, 6.45) is 0.768. The Hall–Kier alpha value is -3.07. The predicted molar refractivity (Wildman–Crippen MR) is 112 cm³/mol. The fourth-order valence-corrected chi connectivity index (χ4v) is 3.52. The molecule has 1 aromatic heterocycles. The zero-order valence-electron chi connectivity index (χ0n) is 17.0. The van der Waals surface area contributed by atoms with Crippen LogP contribution in [0.2, 0.25) is 0 Å². The van der Waals surface area contributed by atoms with Gasteiger partial charge in [0.25, 0.3) is 0 Å². The second-order valence-corrected chi connectivity index (χ2v) is 8.67. The number of furan rings is 1. The van der Waals surface area contributed by atoms with Crippen molar-refractivity contribution in [1.29, 1.82) is 0 Å². The van der Waals surface area contributed by atoms with Crippen molar-refractivity contribution >= 4 is 32.6 Å². The first-order valence-corrected chi connectivity index (χ1v) is 11.2. The minimum atomic E-state index is -3.59. The molecule has 0 aliphatic heterocycles. The molecule has 7 nitrogen and oxygen atoms in total. The van der Waals surface area contributed by atoms with Gasteiger partial charge < -0.3 is 13.9 Å². The molecule has 160 valence electrons. The minimum absolute atomic E-state index is 0.150. The molecule has 0 unspecified atom stereocenters. The van der Waals surface area contributed by atoms with Crippen LogP contribution >= 0.6 is 0 Å². The van der Waals surface area contributed by atoms with Crippen molar-refractivity contribution in [3.05, 3.63) is 47.8 Å². The molecule has 1 heterocycles. The van der Waals surface area contributed by atoms with Crippen LogP contribution in [0.5, 0.6) is 5.75 Å². The van der Waals surface area contributed by atoms with Gasteiger partial charge in [-0.1, -0.05) is 0 Å². The Morgan fingerprint density at radius 3 is 2.43 bits per heavy atom. The molecular weight excluding hydrogens is 413 g/mol. The second kappa shape index (κ2) is 8.35. The van der Waals surface area contributed by atoms with Crippen LogP contribution in [0, 0.1) is 5.82 Å². The lowest BCUT2D eigenvalue weighted by Gasteiger charge is -2.15. The normalized spacial score (nSPS) is 11.7. The molecule has 0 aliphatic carbocycles. The van der Waals surface area contributed by atoms with Crippen molar-refractivity contribution in [1.82, 2.24) is 0 Å². The molecular formula is C21H22FNO6S. The van der Waals surface area contributed by atoms with Crippen LogP contribution < -0.4 is 9.46 Å². The highest BCUT2D eigenvalue weighted by Gasteiger charge is 2.25. The predicted octanol–water partition coefficient (Wildman–Crippen LogP) is 4.57. The number of carbonyl (C=O) groups excluding carboxylic acids is 1. The topological polar surface area (TPSA) is 94.8 Å². The van der Waals surface area contributed by atoms with Crippen molar-refractivity contribution < 1.29 is 31.5 Å². The maximum absolute atomic E-state index is 13.4. The van der Waals surface area contributed by atoms with Crippen molar-refractivity contribution in [3.8, 4) is 17.1 Å². The third-order valence-corrected chi connectivity index (χ3v) is 4.62. The van der Waals surface area contributed by atoms with Crippen LogP contribution in [0.4, 0.5) is 10.1 Å². The van der Waals surface area contributed by atoms with E-state index < -0.39 is 21.8 Å². The SMILES string of the molecule is CCOC(=O)c1c(-c2ccc(F)cc2)oc2cc(NS(C)(=O)=O)c(OC(C)C)cc12. The summed E-state index contributed by atoms with van der Waals surface area (Å²) in [5, 5.41) is 0.391. The van der Waals surface area contributed by atoms with E-state index in [9.17, 15) is 17.6 Å². The van der Waals surface area contributed by atoms with Crippen molar-refractivity contribution in [2.75, 3.05) is 17.6 Å². The molecule has 3 rings (SSSR count). The lowest BCUT2D eigenvalue weighted by Crippen LogP contribution is -2.13. The number of rotatable bonds is 7. The average molecular weight is 435 g/mol. The molecule has 0 aliphatic rings. The zero-order valence-corrected chi connectivity index (χ0v) is 17.8. The lowest BCUT2D eigenvalue weighted by atomic mass is 10.0. The van der Waals surface area contributed by atoms with Crippen molar-refractivity contribution in [2.45, 2.75) is 26.9 Å². The Kier molecular flexibility index (Phi) is 6.02. The molecule has 3 aromatic rings. The van der Waals surface area contributed by atoms with E-state index in [1.165, 1.54) is 36.4 Å². The highest BCUT2D eigenvalue weighted by atomic mass is 32.2. The van der Waals surface area contributed by atoms with Gasteiger partial charge in [0, 0.05) is 17.0 Å². The van der Waals surface area contributed by atoms with E-state index in [0.29, 0.717) is 10.9 Å². The highest BCUT2D eigenvalue weighted by molar-refractivity contribution is 7.92. The Morgan fingerprint density at radius 2 is 1.87 bits per heavy atom. The van der Waals surface area contributed by atoms with E-state index in [2.05, 4.69) is 4.72 Å². The summed E-state index contributed by atoms with van der Waals surface area (Å²) in [5.74, 6) is -0.620. The van der Waals surface area contributed by atoms with Gasteiger partial charge >= 0.3 is 5.97 Å². The fraction of sp³-hybridized carbons (Fsp3) is 0.286. The Labute approximate surface area is 173 Å². The molecule has 0 saturated heterocycles. The number of carbonyl (C=O) groups is 1. The molecule has 0 amide bonds. The quantitative estimate of drug-likeness (QED) is 0.546. The molecule has 0 atom stereocenters. The minimum Gasteiger partial charge on any atom is -0.489 e. The number of halogens is 1. The molecule has 0 saturated carbocycles. The number of hydrogen-bond acceptors (Lipinski definition) is 6. The van der Waals surface area contributed by atoms with Crippen LogP contribution in [0.25, 0.3) is 22.3 Å². The standard InChI is InChI=1S/C21H22FNO6S/c1-5-27-21(24)19-15-10-18(28-12(2)3)16(23-30(4,25)26)11-17(15)29-20(19)13-6-8-14(22)9-7-13/h6-12,23H,5H2,1-4H3. The van der Waals surface area contributed by atoms with Crippen LogP contribution in [-0.2, 0) is 14.8 Å². The van der Waals surface area contributed by atoms with E-state index in [0.717, 1.165) is 6.26 Å². The van der Waals surface area contributed by atoms with Gasteiger partial charge in [-0.3, -0.25) is 4.72 Å². The van der Waals surface area contributed by atoms with Gasteiger partial charge in [0.2, 0.25) is 10.0 Å². The van der Waals surface area contributed by atoms with Crippen molar-refractivity contribution in [2.24, 2.45) is 0 Å². The Bertz CT molecular complexity index is 1180. The summed E-state index contributed by atoms with van der Waals surface area (Å²) < 4.78 is 56.2. The number of anilines is 1. The summed E-state index contributed by atoms with van der Waals surface area (Å²) in [6, 6.07) is 8.45. The average Bonchev–Trinajstić information content (AvgIpc) is 2.99. The zero-order chi connectivity index (χ0) is 22.1. The third-order valence-electron chi connectivity index (χ3n) is 4.03. The summed E-state index contributed by atoms with van der Waals surface area (Å²) in [5.41, 5.74) is 1.05. The summed E-state index contributed by atoms with van der Waals surface area (Å²) >= 11 is 0. The number of esters is 1. The van der Waals surface area contributed by atoms with Crippen LogP contribution in [-0.4, -0.2) is 33.4 Å². The maximum atomic E-state index is 13.4. The molecule has 0 bridgehead atoms. The molecule has 0 spiro atoms. The largest absolute Gasteiger partial charge is 0.489 e. The van der Waals surface area contributed by atoms with Gasteiger partial charge in [-0.2, -0.15) is 0 Å². The Morgan fingerprint density at radius 1 is 1.20 bits per heavy atom.